The molecule has 0 aliphatic carbocycles. The number of fused-ring (bicyclic) bond motifs is 2. The van der Waals surface area contributed by atoms with E-state index in [1.807, 2.05) is 37.3 Å². The van der Waals surface area contributed by atoms with Crippen LogP contribution in [-0.2, 0) is 6.54 Å². The first-order chi connectivity index (χ1) is 16.3. The van der Waals surface area contributed by atoms with Gasteiger partial charge in [0, 0.05) is 11.6 Å². The second-order valence-corrected chi connectivity index (χ2v) is 9.41. The first kappa shape index (κ1) is 22.5. The fourth-order valence-corrected chi connectivity index (χ4v) is 4.96. The minimum absolute atomic E-state index is 0.00307. The highest BCUT2D eigenvalue weighted by Crippen LogP contribution is 2.44. The van der Waals surface area contributed by atoms with Crippen LogP contribution in [0.15, 0.2) is 68.3 Å². The molecule has 172 valence electrons. The molecule has 0 saturated carbocycles. The lowest BCUT2D eigenvalue weighted by Gasteiger charge is -2.26. The number of aryl methyl sites for hydroxylation is 1. The predicted molar refractivity (Wildman–Crippen MR) is 133 cm³/mol. The molecule has 5 rings (SSSR count). The SMILES string of the molecule is COc1cc(C2c3c(oc4cc(C)c(Cl)cc4c3=O)C(=O)N2Cc2ccccc2)cc(Br)c1O. The summed E-state index contributed by atoms with van der Waals surface area (Å²) < 4.78 is 11.7. The topological polar surface area (TPSA) is 80.0 Å². The third kappa shape index (κ3) is 3.56. The molecule has 1 N–H and O–H groups in total. The van der Waals surface area contributed by atoms with Crippen LogP contribution in [0.3, 0.4) is 0 Å². The molecule has 0 spiro atoms. The molecule has 1 aromatic heterocycles. The number of hydrogen-bond donors (Lipinski definition) is 1. The van der Waals surface area contributed by atoms with Gasteiger partial charge in [-0.2, -0.15) is 0 Å². The molecule has 0 saturated heterocycles. The highest BCUT2D eigenvalue weighted by molar-refractivity contribution is 9.10. The second-order valence-electron chi connectivity index (χ2n) is 8.15. The number of methoxy groups -OCH3 is 1. The van der Waals surface area contributed by atoms with Crippen molar-refractivity contribution in [1.82, 2.24) is 4.90 Å². The zero-order chi connectivity index (χ0) is 24.1. The Bertz CT molecular complexity index is 1520. The molecule has 0 bridgehead atoms. The van der Waals surface area contributed by atoms with Crippen molar-refractivity contribution in [2.24, 2.45) is 0 Å². The molecule has 6 nitrogen and oxygen atoms in total. The number of phenols is 1. The van der Waals surface area contributed by atoms with E-state index in [1.165, 1.54) is 7.11 Å². The predicted octanol–water partition coefficient (Wildman–Crippen LogP) is 5.98. The van der Waals surface area contributed by atoms with Gasteiger partial charge in [0.15, 0.2) is 16.9 Å². The molecular formula is C26H19BrClNO5. The van der Waals surface area contributed by atoms with E-state index in [2.05, 4.69) is 15.9 Å². The quantitative estimate of drug-likeness (QED) is 0.345. The summed E-state index contributed by atoms with van der Waals surface area (Å²) in [4.78, 5) is 28.9. The molecule has 34 heavy (non-hydrogen) atoms. The van der Waals surface area contributed by atoms with Crippen LogP contribution in [0.2, 0.25) is 5.02 Å². The third-order valence-corrected chi connectivity index (χ3v) is 7.04. The zero-order valence-corrected chi connectivity index (χ0v) is 20.6. The molecule has 0 fully saturated rings. The largest absolute Gasteiger partial charge is 0.503 e. The van der Waals surface area contributed by atoms with Crippen LogP contribution in [-0.4, -0.2) is 23.0 Å². The van der Waals surface area contributed by atoms with Crippen molar-refractivity contribution in [3.05, 3.63) is 102 Å². The van der Waals surface area contributed by atoms with Crippen LogP contribution in [0.1, 0.15) is 38.9 Å². The Morgan fingerprint density at radius 1 is 1.15 bits per heavy atom. The molecule has 8 heteroatoms. The number of halogens is 2. The molecule has 4 aromatic rings. The van der Waals surface area contributed by atoms with Gasteiger partial charge in [0.05, 0.1) is 28.6 Å². The number of rotatable bonds is 4. The van der Waals surface area contributed by atoms with Crippen molar-refractivity contribution in [3.63, 3.8) is 0 Å². The van der Waals surface area contributed by atoms with Gasteiger partial charge in [-0.05, 0) is 63.8 Å². The van der Waals surface area contributed by atoms with Crippen molar-refractivity contribution in [1.29, 1.82) is 0 Å². The molecule has 0 radical (unpaired) electrons. The molecule has 2 heterocycles. The molecule has 3 aromatic carbocycles. The van der Waals surface area contributed by atoms with Crippen LogP contribution in [0.25, 0.3) is 11.0 Å². The van der Waals surface area contributed by atoms with E-state index in [4.69, 9.17) is 20.8 Å². The molecular weight excluding hydrogens is 522 g/mol. The van der Waals surface area contributed by atoms with E-state index in [9.17, 15) is 14.7 Å². The van der Waals surface area contributed by atoms with E-state index in [0.29, 0.717) is 26.0 Å². The van der Waals surface area contributed by atoms with Crippen LogP contribution < -0.4 is 10.2 Å². The number of benzene rings is 3. The number of phenolic OH excluding ortho intramolecular Hbond substituents is 1. The summed E-state index contributed by atoms with van der Waals surface area (Å²) in [7, 11) is 1.44. The average molecular weight is 541 g/mol. The van der Waals surface area contributed by atoms with Crippen molar-refractivity contribution < 1.29 is 19.1 Å². The Balaban J connectivity index is 1.78. The summed E-state index contributed by atoms with van der Waals surface area (Å²) in [5, 5.41) is 11.1. The van der Waals surface area contributed by atoms with Crippen molar-refractivity contribution >= 4 is 44.4 Å². The fourth-order valence-electron chi connectivity index (χ4n) is 4.34. The van der Waals surface area contributed by atoms with Crippen molar-refractivity contribution in [2.75, 3.05) is 7.11 Å². The Labute approximate surface area is 208 Å². The number of aromatic hydroxyl groups is 1. The Morgan fingerprint density at radius 3 is 2.59 bits per heavy atom. The minimum Gasteiger partial charge on any atom is -0.503 e. The highest BCUT2D eigenvalue weighted by Gasteiger charge is 2.43. The fraction of sp³-hybridized carbons (Fsp3) is 0.154. The lowest BCUT2D eigenvalue weighted by molar-refractivity contribution is 0.0714. The monoisotopic (exact) mass is 539 g/mol. The summed E-state index contributed by atoms with van der Waals surface area (Å²) in [6, 6.07) is 15.3. The third-order valence-electron chi connectivity index (χ3n) is 6.03. The Hall–Kier alpha value is -3.29. The molecule has 1 aliphatic heterocycles. The lowest BCUT2D eigenvalue weighted by atomic mass is 9.97. The lowest BCUT2D eigenvalue weighted by Crippen LogP contribution is -2.29. The molecule has 1 atom stereocenters. The maximum Gasteiger partial charge on any atom is 0.291 e. The van der Waals surface area contributed by atoms with Gasteiger partial charge < -0.3 is 19.2 Å². The summed E-state index contributed by atoms with van der Waals surface area (Å²) in [5.74, 6) is -0.242. The Morgan fingerprint density at radius 2 is 1.88 bits per heavy atom. The normalized spacial score (nSPS) is 15.1. The van der Waals surface area contributed by atoms with Gasteiger partial charge in [-0.3, -0.25) is 9.59 Å². The van der Waals surface area contributed by atoms with Crippen LogP contribution >= 0.6 is 27.5 Å². The first-order valence-corrected chi connectivity index (χ1v) is 11.7. The molecule has 1 unspecified atom stereocenters. The van der Waals surface area contributed by atoms with Crippen molar-refractivity contribution in [3.8, 4) is 11.5 Å². The maximum atomic E-state index is 13.7. The minimum atomic E-state index is -0.755. The zero-order valence-electron chi connectivity index (χ0n) is 18.3. The smallest absolute Gasteiger partial charge is 0.291 e. The van der Waals surface area contributed by atoms with Gasteiger partial charge in [0.2, 0.25) is 5.76 Å². The van der Waals surface area contributed by atoms with E-state index >= 15 is 0 Å². The van der Waals surface area contributed by atoms with Crippen LogP contribution in [0.4, 0.5) is 0 Å². The molecule has 1 amide bonds. The van der Waals surface area contributed by atoms with Gasteiger partial charge in [-0.1, -0.05) is 41.9 Å². The molecule has 1 aliphatic rings. The number of amides is 1. The maximum absolute atomic E-state index is 13.7. The summed E-state index contributed by atoms with van der Waals surface area (Å²) in [5.41, 5.74) is 2.45. The first-order valence-electron chi connectivity index (χ1n) is 10.5. The van der Waals surface area contributed by atoms with Gasteiger partial charge in [0.1, 0.15) is 5.58 Å². The number of carbonyl (C=O) groups excluding carboxylic acids is 1. The average Bonchev–Trinajstić information content (AvgIpc) is 3.09. The van der Waals surface area contributed by atoms with Gasteiger partial charge in [-0.15, -0.1) is 0 Å². The van der Waals surface area contributed by atoms with E-state index in [1.54, 1.807) is 29.2 Å². The number of carbonyl (C=O) groups is 1. The van der Waals surface area contributed by atoms with E-state index in [0.717, 1.165) is 11.1 Å². The summed E-state index contributed by atoms with van der Waals surface area (Å²) in [6.07, 6.45) is 0. The van der Waals surface area contributed by atoms with E-state index in [-0.39, 0.29) is 34.8 Å². The van der Waals surface area contributed by atoms with Gasteiger partial charge >= 0.3 is 0 Å². The summed E-state index contributed by atoms with van der Waals surface area (Å²) >= 11 is 9.65. The summed E-state index contributed by atoms with van der Waals surface area (Å²) in [6.45, 7) is 2.06. The van der Waals surface area contributed by atoms with E-state index < -0.39 is 11.9 Å². The number of hydrogen-bond acceptors (Lipinski definition) is 5. The highest BCUT2D eigenvalue weighted by atomic mass is 79.9. The van der Waals surface area contributed by atoms with Crippen LogP contribution in [0.5, 0.6) is 11.5 Å². The van der Waals surface area contributed by atoms with Crippen LogP contribution in [0, 0.1) is 6.92 Å². The van der Waals surface area contributed by atoms with Crippen molar-refractivity contribution in [2.45, 2.75) is 19.5 Å². The number of nitrogens with zero attached hydrogens (tertiary/aromatic N) is 1. The second kappa shape index (κ2) is 8.49. The number of ether oxygens (including phenoxy) is 1. The van der Waals surface area contributed by atoms with Gasteiger partial charge in [0.25, 0.3) is 5.91 Å². The van der Waals surface area contributed by atoms with Gasteiger partial charge in [-0.25, -0.2) is 0 Å². The standard InChI is InChI=1S/C26H19BrClNO5/c1-13-8-19-16(11-18(13)28)23(30)21-22(15-9-17(27)24(31)20(10-15)33-2)29(26(32)25(21)34-19)12-14-6-4-3-5-7-14/h3-11,22,31H,12H2,1-2H3. The Kier molecular flexibility index (Phi) is 5.62.